The van der Waals surface area contributed by atoms with E-state index in [2.05, 4.69) is 25.0 Å². The molecule has 0 amide bonds. The molecule has 0 bridgehead atoms. The first kappa shape index (κ1) is 22.9. The van der Waals surface area contributed by atoms with E-state index < -0.39 is 10.0 Å². The number of anilines is 1. The maximum atomic E-state index is 13.1. The molecule has 1 aliphatic rings. The van der Waals surface area contributed by atoms with Gasteiger partial charge in [0.25, 0.3) is 0 Å². The summed E-state index contributed by atoms with van der Waals surface area (Å²) < 4.78 is 51.8. The molecule has 2 aromatic carbocycles. The lowest BCUT2D eigenvalue weighted by molar-refractivity contribution is 0.379. The van der Waals surface area contributed by atoms with Crippen molar-refractivity contribution in [3.8, 4) is 23.1 Å². The summed E-state index contributed by atoms with van der Waals surface area (Å²) in [5.41, 5.74) is 1.42. The Morgan fingerprint density at radius 3 is 2.45 bits per heavy atom. The minimum atomic E-state index is -3.76. The van der Waals surface area contributed by atoms with E-state index in [1.54, 1.807) is 24.3 Å². The van der Waals surface area contributed by atoms with Crippen LogP contribution in [0, 0.1) is 5.82 Å². The number of benzene rings is 2. The molecule has 1 heterocycles. The molecule has 0 aliphatic heterocycles. The van der Waals surface area contributed by atoms with Gasteiger partial charge >= 0.3 is 6.01 Å². The lowest BCUT2D eigenvalue weighted by Crippen LogP contribution is -2.26. The van der Waals surface area contributed by atoms with Gasteiger partial charge in [-0.15, -0.1) is 0 Å². The van der Waals surface area contributed by atoms with Crippen molar-refractivity contribution in [2.45, 2.75) is 30.2 Å². The molecule has 0 radical (unpaired) electrons. The van der Waals surface area contributed by atoms with Crippen LogP contribution < -0.4 is 19.5 Å². The van der Waals surface area contributed by atoms with Crippen molar-refractivity contribution < 1.29 is 22.3 Å². The molecule has 0 saturated heterocycles. The topological polar surface area (TPSA) is 115 Å². The van der Waals surface area contributed by atoms with Crippen molar-refractivity contribution >= 4 is 16.0 Å². The third-order valence-electron chi connectivity index (χ3n) is 5.02. The molecule has 3 aromatic rings. The van der Waals surface area contributed by atoms with Crippen LogP contribution in [0.1, 0.15) is 18.4 Å². The Hall–Kier alpha value is -3.31. The van der Waals surface area contributed by atoms with Crippen LogP contribution in [0.5, 0.6) is 11.8 Å². The molecule has 33 heavy (non-hydrogen) atoms. The fraction of sp³-hybridized carbons (Fsp3) is 0.318. The summed E-state index contributed by atoms with van der Waals surface area (Å²) in [6.07, 6.45) is 2.26. The number of ether oxygens (including phenoxy) is 2. The zero-order chi connectivity index (χ0) is 23.4. The maximum absolute atomic E-state index is 13.1. The van der Waals surface area contributed by atoms with E-state index in [9.17, 15) is 12.8 Å². The standard InChI is InChI=1S/C22H24FN5O4S/c1-31-18-10-5-15(13-19(18)33(29,30)28-17-8-9-17)20-25-21(27-22(26-20)32-2)24-12-11-14-3-6-16(23)7-4-14/h3-7,10,13,17,28H,8-9,11-12H2,1-2H3,(H,24,25,26,27). The number of nitrogens with one attached hydrogen (secondary N) is 2. The lowest BCUT2D eigenvalue weighted by Gasteiger charge is -2.13. The third-order valence-corrected chi connectivity index (χ3v) is 6.56. The van der Waals surface area contributed by atoms with E-state index in [0.717, 1.165) is 18.4 Å². The Bertz CT molecular complexity index is 1230. The number of hydrogen-bond acceptors (Lipinski definition) is 8. The smallest absolute Gasteiger partial charge is 0.321 e. The SMILES string of the molecule is COc1nc(NCCc2ccc(F)cc2)nc(-c2ccc(OC)c(S(=O)(=O)NC3CC3)c2)n1. The van der Waals surface area contributed by atoms with E-state index in [1.807, 2.05) is 0 Å². The van der Waals surface area contributed by atoms with Crippen molar-refractivity contribution in [2.75, 3.05) is 26.1 Å². The molecule has 2 N–H and O–H groups in total. The van der Waals surface area contributed by atoms with Gasteiger partial charge < -0.3 is 14.8 Å². The molecule has 4 rings (SSSR count). The number of halogens is 1. The molecule has 0 unspecified atom stereocenters. The normalized spacial score (nSPS) is 13.5. The Morgan fingerprint density at radius 1 is 1.03 bits per heavy atom. The highest BCUT2D eigenvalue weighted by Crippen LogP contribution is 2.31. The lowest BCUT2D eigenvalue weighted by atomic mass is 10.1. The van der Waals surface area contributed by atoms with Gasteiger partial charge in [-0.3, -0.25) is 0 Å². The number of hydrogen-bond donors (Lipinski definition) is 2. The molecular weight excluding hydrogens is 449 g/mol. The average molecular weight is 474 g/mol. The van der Waals surface area contributed by atoms with Crippen LogP contribution in [-0.4, -0.2) is 50.2 Å². The third kappa shape index (κ3) is 5.74. The van der Waals surface area contributed by atoms with Crippen LogP contribution in [0.4, 0.5) is 10.3 Å². The van der Waals surface area contributed by atoms with Gasteiger partial charge in [0, 0.05) is 18.2 Å². The summed E-state index contributed by atoms with van der Waals surface area (Å²) >= 11 is 0. The highest BCUT2D eigenvalue weighted by molar-refractivity contribution is 7.89. The van der Waals surface area contributed by atoms with E-state index in [0.29, 0.717) is 18.5 Å². The minimum absolute atomic E-state index is 0.0135. The van der Waals surface area contributed by atoms with Crippen LogP contribution in [-0.2, 0) is 16.4 Å². The van der Waals surface area contributed by atoms with Gasteiger partial charge in [0.15, 0.2) is 5.82 Å². The Kier molecular flexibility index (Phi) is 6.70. The Balaban J connectivity index is 1.58. The van der Waals surface area contributed by atoms with E-state index in [1.165, 1.54) is 32.4 Å². The van der Waals surface area contributed by atoms with Crippen molar-refractivity contribution in [3.63, 3.8) is 0 Å². The number of methoxy groups -OCH3 is 2. The predicted molar refractivity (Wildman–Crippen MR) is 120 cm³/mol. The van der Waals surface area contributed by atoms with Crippen molar-refractivity contribution in [1.29, 1.82) is 0 Å². The predicted octanol–water partition coefficient (Wildman–Crippen LogP) is 2.79. The first-order chi connectivity index (χ1) is 15.9. The molecular formula is C22H24FN5O4S. The second-order valence-corrected chi connectivity index (χ2v) is 9.22. The van der Waals surface area contributed by atoms with Crippen molar-refractivity contribution in [2.24, 2.45) is 0 Å². The molecule has 0 atom stereocenters. The van der Waals surface area contributed by atoms with Gasteiger partial charge in [-0.05, 0) is 55.2 Å². The van der Waals surface area contributed by atoms with Crippen LogP contribution in [0.15, 0.2) is 47.4 Å². The van der Waals surface area contributed by atoms with Crippen molar-refractivity contribution in [3.05, 3.63) is 53.8 Å². The molecule has 1 saturated carbocycles. The van der Waals surface area contributed by atoms with Crippen molar-refractivity contribution in [1.82, 2.24) is 19.7 Å². The second kappa shape index (κ2) is 9.67. The van der Waals surface area contributed by atoms with E-state index >= 15 is 0 Å². The van der Waals surface area contributed by atoms with E-state index in [4.69, 9.17) is 9.47 Å². The highest BCUT2D eigenvalue weighted by atomic mass is 32.2. The molecule has 0 spiro atoms. The van der Waals surface area contributed by atoms with Gasteiger partial charge in [0.2, 0.25) is 16.0 Å². The summed E-state index contributed by atoms with van der Waals surface area (Å²) in [5.74, 6) is 0.462. The minimum Gasteiger partial charge on any atom is -0.495 e. The number of rotatable bonds is 10. The van der Waals surface area contributed by atoms with Gasteiger partial charge in [-0.2, -0.15) is 15.0 Å². The van der Waals surface area contributed by atoms with Crippen LogP contribution in [0.3, 0.4) is 0 Å². The maximum Gasteiger partial charge on any atom is 0.321 e. The zero-order valence-corrected chi connectivity index (χ0v) is 19.0. The monoisotopic (exact) mass is 473 g/mol. The molecule has 1 fully saturated rings. The Labute approximate surface area is 191 Å². The highest BCUT2D eigenvalue weighted by Gasteiger charge is 2.30. The van der Waals surface area contributed by atoms with Crippen LogP contribution in [0.25, 0.3) is 11.4 Å². The number of aromatic nitrogens is 3. The fourth-order valence-corrected chi connectivity index (χ4v) is 4.64. The summed E-state index contributed by atoms with van der Waals surface area (Å²) in [6.45, 7) is 0.492. The van der Waals surface area contributed by atoms with E-state index in [-0.39, 0.29) is 40.3 Å². The van der Waals surface area contributed by atoms with Gasteiger partial charge in [0.1, 0.15) is 16.5 Å². The number of nitrogens with zero attached hydrogens (tertiary/aromatic N) is 3. The zero-order valence-electron chi connectivity index (χ0n) is 18.2. The summed E-state index contributed by atoms with van der Waals surface area (Å²) in [7, 11) is -0.911. The first-order valence-corrected chi connectivity index (χ1v) is 11.9. The molecule has 11 heteroatoms. The molecule has 1 aromatic heterocycles. The molecule has 1 aliphatic carbocycles. The molecule has 9 nitrogen and oxygen atoms in total. The average Bonchev–Trinajstić information content (AvgIpc) is 3.63. The fourth-order valence-electron chi connectivity index (χ4n) is 3.14. The van der Waals surface area contributed by atoms with Crippen LogP contribution >= 0.6 is 0 Å². The summed E-state index contributed by atoms with van der Waals surface area (Å²) in [6, 6.07) is 11.0. The van der Waals surface area contributed by atoms with Gasteiger partial charge in [-0.1, -0.05) is 12.1 Å². The summed E-state index contributed by atoms with van der Waals surface area (Å²) in [5, 5.41) is 3.10. The largest absolute Gasteiger partial charge is 0.495 e. The van der Waals surface area contributed by atoms with Gasteiger partial charge in [-0.25, -0.2) is 17.5 Å². The molecule has 174 valence electrons. The van der Waals surface area contributed by atoms with Gasteiger partial charge in [0.05, 0.1) is 14.2 Å². The number of sulfonamides is 1. The second-order valence-electron chi connectivity index (χ2n) is 7.53. The quantitative estimate of drug-likeness (QED) is 0.462. The van der Waals surface area contributed by atoms with Crippen LogP contribution in [0.2, 0.25) is 0 Å². The Morgan fingerprint density at radius 2 is 1.79 bits per heavy atom. The summed E-state index contributed by atoms with van der Waals surface area (Å²) in [4.78, 5) is 12.9. The first-order valence-electron chi connectivity index (χ1n) is 10.4.